The van der Waals surface area contributed by atoms with Gasteiger partial charge in [0, 0.05) is 52.2 Å². The Hall–Kier alpha value is -5.22. The molecule has 0 N–H and O–H groups in total. The molecule has 4 heterocycles. The first-order valence-electron chi connectivity index (χ1n) is 12.7. The van der Waals surface area contributed by atoms with Crippen molar-refractivity contribution < 1.29 is 0 Å². The molecule has 0 atom stereocenters. The Morgan fingerprint density at radius 2 is 1.45 bits per heavy atom. The summed E-state index contributed by atoms with van der Waals surface area (Å²) in [4.78, 5) is 9.20. The van der Waals surface area contributed by atoms with E-state index in [9.17, 15) is 0 Å². The molecule has 0 radical (unpaired) electrons. The standard InChI is InChI=1S/C34H22N4/c1-2-9-27(10-3-1)37-18-15-25-19-29-32(21-31(25)37)38(30-13-12-23-7-4-5-11-28(23)34(29)30)33-20-24(14-17-36-33)26-8-6-16-35-22-26/h1-22H. The lowest BCUT2D eigenvalue weighted by Gasteiger charge is -2.10. The number of benzene rings is 4. The van der Waals surface area contributed by atoms with Gasteiger partial charge in [-0.1, -0.05) is 54.6 Å². The number of fused-ring (bicyclic) bond motifs is 6. The molecule has 0 bridgehead atoms. The van der Waals surface area contributed by atoms with Gasteiger partial charge >= 0.3 is 0 Å². The molecular formula is C34H22N4. The molecule has 8 rings (SSSR count). The van der Waals surface area contributed by atoms with E-state index in [0.29, 0.717) is 0 Å². The van der Waals surface area contributed by atoms with Crippen molar-refractivity contribution in [3.8, 4) is 22.6 Å². The van der Waals surface area contributed by atoms with Gasteiger partial charge in [-0.2, -0.15) is 0 Å². The van der Waals surface area contributed by atoms with E-state index < -0.39 is 0 Å². The fourth-order valence-electron chi connectivity index (χ4n) is 5.73. The summed E-state index contributed by atoms with van der Waals surface area (Å²) in [6.45, 7) is 0. The van der Waals surface area contributed by atoms with Crippen LogP contribution in [-0.4, -0.2) is 19.1 Å². The molecular weight excluding hydrogens is 464 g/mol. The maximum absolute atomic E-state index is 4.87. The van der Waals surface area contributed by atoms with Crippen molar-refractivity contribution in [2.45, 2.75) is 0 Å². The van der Waals surface area contributed by atoms with Crippen LogP contribution in [0.5, 0.6) is 0 Å². The summed E-state index contributed by atoms with van der Waals surface area (Å²) in [5.41, 5.74) is 6.76. The maximum Gasteiger partial charge on any atom is 0.138 e. The van der Waals surface area contributed by atoms with Crippen LogP contribution in [0.4, 0.5) is 0 Å². The Bertz CT molecular complexity index is 2120. The first-order chi connectivity index (χ1) is 18.8. The first kappa shape index (κ1) is 20.9. The van der Waals surface area contributed by atoms with E-state index in [1.807, 2.05) is 24.5 Å². The second-order valence-electron chi connectivity index (χ2n) is 9.61. The molecule has 0 aliphatic rings. The summed E-state index contributed by atoms with van der Waals surface area (Å²) in [7, 11) is 0. The molecule has 38 heavy (non-hydrogen) atoms. The predicted octanol–water partition coefficient (Wildman–Crippen LogP) is 8.34. The lowest BCUT2D eigenvalue weighted by molar-refractivity contribution is 1.08. The highest BCUT2D eigenvalue weighted by Crippen LogP contribution is 2.39. The zero-order chi connectivity index (χ0) is 25.1. The molecule has 4 aromatic heterocycles. The second-order valence-corrected chi connectivity index (χ2v) is 9.61. The van der Waals surface area contributed by atoms with Crippen LogP contribution in [0.25, 0.3) is 66.1 Å². The summed E-state index contributed by atoms with van der Waals surface area (Å²) < 4.78 is 4.56. The summed E-state index contributed by atoms with van der Waals surface area (Å²) in [5, 5.41) is 6.17. The molecule has 0 aliphatic carbocycles. The van der Waals surface area contributed by atoms with Gasteiger partial charge in [-0.3, -0.25) is 9.55 Å². The molecule has 0 spiro atoms. The fraction of sp³-hybridized carbons (Fsp3) is 0. The van der Waals surface area contributed by atoms with Crippen molar-refractivity contribution in [2.24, 2.45) is 0 Å². The lowest BCUT2D eigenvalue weighted by Crippen LogP contribution is -1.98. The minimum atomic E-state index is 0.888. The molecule has 4 heteroatoms. The Morgan fingerprint density at radius 3 is 2.34 bits per heavy atom. The molecule has 8 aromatic rings. The third-order valence-electron chi connectivity index (χ3n) is 7.47. The lowest BCUT2D eigenvalue weighted by atomic mass is 10.0. The normalized spacial score (nSPS) is 11.7. The van der Waals surface area contributed by atoms with E-state index in [4.69, 9.17) is 4.98 Å². The van der Waals surface area contributed by atoms with Crippen molar-refractivity contribution in [1.29, 1.82) is 0 Å². The Labute approximate surface area is 219 Å². The highest BCUT2D eigenvalue weighted by atomic mass is 15.1. The highest BCUT2D eigenvalue weighted by molar-refractivity contribution is 6.23. The van der Waals surface area contributed by atoms with Gasteiger partial charge < -0.3 is 4.57 Å². The third kappa shape index (κ3) is 3.10. The van der Waals surface area contributed by atoms with Crippen LogP contribution in [0.1, 0.15) is 0 Å². The number of hydrogen-bond donors (Lipinski definition) is 0. The van der Waals surface area contributed by atoms with Gasteiger partial charge in [0.25, 0.3) is 0 Å². The molecule has 4 nitrogen and oxygen atoms in total. The average Bonchev–Trinajstić information content (AvgIpc) is 3.55. The van der Waals surface area contributed by atoms with E-state index in [-0.39, 0.29) is 0 Å². The molecule has 4 aromatic carbocycles. The van der Waals surface area contributed by atoms with Crippen LogP contribution in [0.15, 0.2) is 134 Å². The number of nitrogens with zero attached hydrogens (tertiary/aromatic N) is 4. The topological polar surface area (TPSA) is 35.6 Å². The van der Waals surface area contributed by atoms with Gasteiger partial charge in [-0.05, 0) is 70.9 Å². The third-order valence-corrected chi connectivity index (χ3v) is 7.47. The molecule has 0 amide bonds. The predicted molar refractivity (Wildman–Crippen MR) is 156 cm³/mol. The number of hydrogen-bond acceptors (Lipinski definition) is 2. The number of aromatic nitrogens is 4. The molecule has 0 fully saturated rings. The minimum Gasteiger partial charge on any atom is -0.316 e. The largest absolute Gasteiger partial charge is 0.316 e. The van der Waals surface area contributed by atoms with Gasteiger partial charge in [0.15, 0.2) is 0 Å². The Balaban J connectivity index is 1.49. The summed E-state index contributed by atoms with van der Waals surface area (Å²) in [5.74, 6) is 0.888. The van der Waals surface area contributed by atoms with Crippen LogP contribution in [0.2, 0.25) is 0 Å². The quantitative estimate of drug-likeness (QED) is 0.252. The summed E-state index contributed by atoms with van der Waals surface area (Å²) in [6.07, 6.45) is 7.75. The zero-order valence-corrected chi connectivity index (χ0v) is 20.5. The van der Waals surface area contributed by atoms with Crippen LogP contribution >= 0.6 is 0 Å². The molecule has 0 saturated carbocycles. The van der Waals surface area contributed by atoms with E-state index in [2.05, 4.69) is 117 Å². The van der Waals surface area contributed by atoms with Crippen molar-refractivity contribution in [3.05, 3.63) is 134 Å². The maximum atomic E-state index is 4.87. The Kier molecular flexibility index (Phi) is 4.49. The van der Waals surface area contributed by atoms with Gasteiger partial charge in [0.05, 0.1) is 16.6 Å². The van der Waals surface area contributed by atoms with Crippen LogP contribution < -0.4 is 0 Å². The van der Waals surface area contributed by atoms with Gasteiger partial charge in [-0.15, -0.1) is 0 Å². The minimum absolute atomic E-state index is 0.888. The van der Waals surface area contributed by atoms with Crippen molar-refractivity contribution in [1.82, 2.24) is 19.1 Å². The molecule has 0 saturated heterocycles. The van der Waals surface area contributed by atoms with Crippen molar-refractivity contribution in [2.75, 3.05) is 0 Å². The van der Waals surface area contributed by atoms with Crippen molar-refractivity contribution >= 4 is 43.5 Å². The molecule has 178 valence electrons. The van der Waals surface area contributed by atoms with Crippen LogP contribution in [-0.2, 0) is 0 Å². The smallest absolute Gasteiger partial charge is 0.138 e. The van der Waals surface area contributed by atoms with Gasteiger partial charge in [-0.25, -0.2) is 4.98 Å². The van der Waals surface area contributed by atoms with E-state index in [1.54, 1.807) is 6.20 Å². The molecule has 0 unspecified atom stereocenters. The number of pyridine rings is 2. The van der Waals surface area contributed by atoms with Crippen LogP contribution in [0, 0.1) is 0 Å². The SMILES string of the molecule is c1ccc(-n2ccc3cc4c5c6ccccc6ccc5n(-c5cc(-c6cccnc6)ccn5)c4cc32)cc1. The summed E-state index contributed by atoms with van der Waals surface area (Å²) >= 11 is 0. The number of rotatable bonds is 3. The first-order valence-corrected chi connectivity index (χ1v) is 12.7. The number of para-hydroxylation sites is 1. The average molecular weight is 487 g/mol. The monoisotopic (exact) mass is 486 g/mol. The summed E-state index contributed by atoms with van der Waals surface area (Å²) in [6, 6.07) is 38.7. The fourth-order valence-corrected chi connectivity index (χ4v) is 5.73. The van der Waals surface area contributed by atoms with Gasteiger partial charge in [0.2, 0.25) is 0 Å². The van der Waals surface area contributed by atoms with E-state index in [1.165, 1.54) is 32.4 Å². The highest BCUT2D eigenvalue weighted by Gasteiger charge is 2.18. The van der Waals surface area contributed by atoms with Crippen LogP contribution in [0.3, 0.4) is 0 Å². The molecule has 0 aliphatic heterocycles. The zero-order valence-electron chi connectivity index (χ0n) is 20.5. The Morgan fingerprint density at radius 1 is 0.553 bits per heavy atom. The second kappa shape index (κ2) is 8.15. The van der Waals surface area contributed by atoms with E-state index >= 15 is 0 Å². The van der Waals surface area contributed by atoms with Gasteiger partial charge in [0.1, 0.15) is 5.82 Å². The van der Waals surface area contributed by atoms with Crippen molar-refractivity contribution in [3.63, 3.8) is 0 Å². The van der Waals surface area contributed by atoms with E-state index in [0.717, 1.165) is 33.7 Å².